The van der Waals surface area contributed by atoms with Crippen LogP contribution in [-0.4, -0.2) is 37.9 Å². The van der Waals surface area contributed by atoms with Gasteiger partial charge in [0.05, 0.1) is 6.61 Å². The number of aliphatic carboxylic acids is 1. The predicted molar refractivity (Wildman–Crippen MR) is 62.1 cm³/mol. The molecule has 1 N–H and O–H groups in total. The molecule has 18 heavy (non-hydrogen) atoms. The van der Waals surface area contributed by atoms with E-state index in [9.17, 15) is 4.79 Å². The van der Waals surface area contributed by atoms with Crippen molar-refractivity contribution in [2.45, 2.75) is 13.5 Å². The molecule has 1 aromatic heterocycles. The zero-order valence-electron chi connectivity index (χ0n) is 9.78. The van der Waals surface area contributed by atoms with Crippen LogP contribution < -0.4 is 4.74 Å². The molecular formula is C11H12N4O3. The van der Waals surface area contributed by atoms with Gasteiger partial charge in [-0.25, -0.2) is 4.68 Å². The Bertz CT molecular complexity index is 535. The lowest BCUT2D eigenvalue weighted by atomic mass is 10.2. The lowest BCUT2D eigenvalue weighted by Crippen LogP contribution is -2.11. The highest BCUT2D eigenvalue weighted by atomic mass is 16.5. The fourth-order valence-corrected chi connectivity index (χ4v) is 1.51. The second-order valence-electron chi connectivity index (χ2n) is 3.51. The Morgan fingerprint density at radius 2 is 2.11 bits per heavy atom. The van der Waals surface area contributed by atoms with E-state index in [1.54, 1.807) is 24.3 Å². The van der Waals surface area contributed by atoms with Crippen molar-refractivity contribution >= 4 is 5.97 Å². The molecule has 0 amide bonds. The third kappa shape index (κ3) is 2.62. The number of carboxylic acids is 1. The summed E-state index contributed by atoms with van der Waals surface area (Å²) in [4.78, 5) is 10.7. The molecule has 0 fully saturated rings. The van der Waals surface area contributed by atoms with Gasteiger partial charge in [0.2, 0.25) is 0 Å². The average molecular weight is 248 g/mol. The number of ether oxygens (including phenoxy) is 1. The number of rotatable bonds is 5. The van der Waals surface area contributed by atoms with Gasteiger partial charge < -0.3 is 9.84 Å². The summed E-state index contributed by atoms with van der Waals surface area (Å²) in [6, 6.07) is 7.15. The van der Waals surface area contributed by atoms with Crippen LogP contribution in [0.1, 0.15) is 6.92 Å². The Morgan fingerprint density at radius 1 is 1.39 bits per heavy atom. The van der Waals surface area contributed by atoms with E-state index in [1.807, 2.05) is 6.92 Å². The molecule has 7 heteroatoms. The Balaban J connectivity index is 2.25. The molecule has 2 aromatic rings. The maximum atomic E-state index is 10.7. The highest BCUT2D eigenvalue weighted by Gasteiger charge is 2.11. The molecule has 2 rings (SSSR count). The van der Waals surface area contributed by atoms with Crippen molar-refractivity contribution in [2.24, 2.45) is 0 Å². The Kier molecular flexibility index (Phi) is 3.52. The predicted octanol–water partition coefficient (Wildman–Crippen LogP) is 0.823. The summed E-state index contributed by atoms with van der Waals surface area (Å²) in [7, 11) is 0. The van der Waals surface area contributed by atoms with Gasteiger partial charge in [-0.15, -0.1) is 5.10 Å². The fraction of sp³-hybridized carbons (Fsp3) is 0.273. The second-order valence-corrected chi connectivity index (χ2v) is 3.51. The number of hydrogen-bond acceptors (Lipinski definition) is 5. The van der Waals surface area contributed by atoms with Gasteiger partial charge in [0.25, 0.3) is 0 Å². The zero-order valence-corrected chi connectivity index (χ0v) is 9.78. The van der Waals surface area contributed by atoms with Gasteiger partial charge in [0.15, 0.2) is 5.82 Å². The third-order valence-corrected chi connectivity index (χ3v) is 2.24. The molecule has 0 aliphatic heterocycles. The van der Waals surface area contributed by atoms with E-state index in [1.165, 1.54) is 4.68 Å². The van der Waals surface area contributed by atoms with Crippen molar-refractivity contribution in [1.29, 1.82) is 0 Å². The Morgan fingerprint density at radius 3 is 2.72 bits per heavy atom. The van der Waals surface area contributed by atoms with Crippen LogP contribution in [-0.2, 0) is 11.3 Å². The van der Waals surface area contributed by atoms with Gasteiger partial charge in [-0.1, -0.05) is 0 Å². The molecule has 0 spiro atoms. The molecule has 7 nitrogen and oxygen atoms in total. The summed E-state index contributed by atoms with van der Waals surface area (Å²) in [5.74, 6) is 0.174. The summed E-state index contributed by atoms with van der Waals surface area (Å²) in [5, 5.41) is 19.7. The molecule has 0 radical (unpaired) electrons. The van der Waals surface area contributed by atoms with Crippen LogP contribution in [0.4, 0.5) is 0 Å². The lowest BCUT2D eigenvalue weighted by molar-refractivity contribution is -0.137. The molecular weight excluding hydrogens is 236 g/mol. The minimum atomic E-state index is -0.991. The maximum absolute atomic E-state index is 10.7. The highest BCUT2D eigenvalue weighted by Crippen LogP contribution is 2.19. The maximum Gasteiger partial charge on any atom is 0.325 e. The first kappa shape index (κ1) is 12.0. The van der Waals surface area contributed by atoms with E-state index in [2.05, 4.69) is 15.5 Å². The molecule has 94 valence electrons. The Hall–Kier alpha value is -2.44. The normalized spacial score (nSPS) is 10.3. The van der Waals surface area contributed by atoms with Gasteiger partial charge >= 0.3 is 5.97 Å². The summed E-state index contributed by atoms with van der Waals surface area (Å²) >= 11 is 0. The van der Waals surface area contributed by atoms with Crippen molar-refractivity contribution in [3.8, 4) is 17.1 Å². The second kappa shape index (κ2) is 5.26. The lowest BCUT2D eigenvalue weighted by Gasteiger charge is -2.04. The number of aromatic nitrogens is 4. The van der Waals surface area contributed by atoms with Gasteiger partial charge in [-0.3, -0.25) is 4.79 Å². The topological polar surface area (TPSA) is 90.1 Å². The monoisotopic (exact) mass is 248 g/mol. The first-order valence-electron chi connectivity index (χ1n) is 5.42. The quantitative estimate of drug-likeness (QED) is 0.842. The smallest absolute Gasteiger partial charge is 0.325 e. The summed E-state index contributed by atoms with van der Waals surface area (Å²) < 4.78 is 6.55. The van der Waals surface area contributed by atoms with Crippen LogP contribution in [0.5, 0.6) is 5.75 Å². The molecule has 0 unspecified atom stereocenters. The first-order valence-corrected chi connectivity index (χ1v) is 5.42. The summed E-state index contributed by atoms with van der Waals surface area (Å²) in [5.41, 5.74) is 0.740. The van der Waals surface area contributed by atoms with Crippen LogP contribution in [0.3, 0.4) is 0 Å². The van der Waals surface area contributed by atoms with E-state index in [4.69, 9.17) is 9.84 Å². The van der Waals surface area contributed by atoms with Gasteiger partial charge in [0, 0.05) is 5.56 Å². The van der Waals surface area contributed by atoms with Crippen LogP contribution in [0.15, 0.2) is 24.3 Å². The number of nitrogens with zero attached hydrogens (tertiary/aromatic N) is 4. The molecule has 0 saturated heterocycles. The van der Waals surface area contributed by atoms with E-state index in [0.29, 0.717) is 12.4 Å². The molecule has 0 atom stereocenters. The standard InChI is InChI=1S/C11H12N4O3/c1-2-18-9-5-3-8(4-6-9)11-12-13-14-15(11)7-10(16)17/h3-6H,2,7H2,1H3,(H,16,17). The van der Waals surface area contributed by atoms with Gasteiger partial charge in [-0.2, -0.15) is 0 Å². The highest BCUT2D eigenvalue weighted by molar-refractivity contribution is 5.67. The third-order valence-electron chi connectivity index (χ3n) is 2.24. The number of benzene rings is 1. The molecule has 0 saturated carbocycles. The van der Waals surface area contributed by atoms with Crippen LogP contribution in [0.25, 0.3) is 11.4 Å². The van der Waals surface area contributed by atoms with Crippen molar-refractivity contribution in [2.75, 3.05) is 6.61 Å². The van der Waals surface area contributed by atoms with Crippen molar-refractivity contribution < 1.29 is 14.6 Å². The minimum Gasteiger partial charge on any atom is -0.494 e. The van der Waals surface area contributed by atoms with Crippen molar-refractivity contribution in [3.63, 3.8) is 0 Å². The van der Waals surface area contributed by atoms with E-state index in [0.717, 1.165) is 11.3 Å². The molecule has 1 heterocycles. The number of carboxylic acid groups (broad SMARTS) is 1. The van der Waals surface area contributed by atoms with Crippen molar-refractivity contribution in [1.82, 2.24) is 20.2 Å². The van der Waals surface area contributed by atoms with E-state index in [-0.39, 0.29) is 6.54 Å². The van der Waals surface area contributed by atoms with Crippen LogP contribution in [0, 0.1) is 0 Å². The number of hydrogen-bond donors (Lipinski definition) is 1. The van der Waals surface area contributed by atoms with Crippen molar-refractivity contribution in [3.05, 3.63) is 24.3 Å². The Labute approximate surface area is 103 Å². The molecule has 0 aliphatic carbocycles. The summed E-state index contributed by atoms with van der Waals surface area (Å²) in [6.45, 7) is 2.23. The minimum absolute atomic E-state index is 0.268. The summed E-state index contributed by atoms with van der Waals surface area (Å²) in [6.07, 6.45) is 0. The van der Waals surface area contributed by atoms with Crippen LogP contribution in [0.2, 0.25) is 0 Å². The van der Waals surface area contributed by atoms with E-state index >= 15 is 0 Å². The van der Waals surface area contributed by atoms with Crippen LogP contribution >= 0.6 is 0 Å². The first-order chi connectivity index (χ1) is 8.70. The molecule has 1 aromatic carbocycles. The average Bonchev–Trinajstić information content (AvgIpc) is 2.78. The number of carbonyl (C=O) groups is 1. The SMILES string of the molecule is CCOc1ccc(-c2nnnn2CC(=O)O)cc1. The number of tetrazole rings is 1. The van der Waals surface area contributed by atoms with Gasteiger partial charge in [-0.05, 0) is 41.6 Å². The largest absolute Gasteiger partial charge is 0.494 e. The fourth-order valence-electron chi connectivity index (χ4n) is 1.51. The molecule has 0 aliphatic rings. The zero-order chi connectivity index (χ0) is 13.0. The van der Waals surface area contributed by atoms with E-state index < -0.39 is 5.97 Å². The molecule has 0 bridgehead atoms. The van der Waals surface area contributed by atoms with Gasteiger partial charge in [0.1, 0.15) is 12.3 Å².